The summed E-state index contributed by atoms with van der Waals surface area (Å²) in [4.78, 5) is 34.2. The summed E-state index contributed by atoms with van der Waals surface area (Å²) < 4.78 is 49.7. The monoisotopic (exact) mass is 556 g/mol. The molecule has 0 unspecified atom stereocenters. The molecule has 40 heavy (non-hydrogen) atoms. The van der Waals surface area contributed by atoms with Gasteiger partial charge in [-0.05, 0) is 41.8 Å². The van der Waals surface area contributed by atoms with Crippen LogP contribution in [0.5, 0.6) is 0 Å². The first-order valence-electron chi connectivity index (χ1n) is 12.6. The fourth-order valence-corrected chi connectivity index (χ4v) is 5.09. The van der Waals surface area contributed by atoms with Crippen LogP contribution in [-0.4, -0.2) is 65.5 Å². The van der Waals surface area contributed by atoms with Crippen molar-refractivity contribution in [1.82, 2.24) is 15.3 Å². The highest BCUT2D eigenvalue weighted by Gasteiger charge is 2.34. The van der Waals surface area contributed by atoms with Crippen molar-refractivity contribution < 1.29 is 32.6 Å². The van der Waals surface area contributed by atoms with E-state index in [-0.39, 0.29) is 17.5 Å². The van der Waals surface area contributed by atoms with Gasteiger partial charge in [-0.2, -0.15) is 0 Å². The van der Waals surface area contributed by atoms with Crippen molar-refractivity contribution in [2.45, 2.75) is 24.9 Å². The number of rotatable bonds is 6. The van der Waals surface area contributed by atoms with E-state index in [1.165, 1.54) is 12.4 Å². The molecule has 13 heteroatoms. The number of amides is 2. The zero-order valence-corrected chi connectivity index (χ0v) is 21.4. The van der Waals surface area contributed by atoms with Gasteiger partial charge >= 0.3 is 6.09 Å². The van der Waals surface area contributed by atoms with Gasteiger partial charge in [0.25, 0.3) is 5.91 Å². The molecule has 210 valence electrons. The lowest BCUT2D eigenvalue weighted by Crippen LogP contribution is -2.61. The van der Waals surface area contributed by atoms with Crippen LogP contribution in [0.4, 0.5) is 29.3 Å². The van der Waals surface area contributed by atoms with Gasteiger partial charge < -0.3 is 31.1 Å². The molecule has 0 aliphatic carbocycles. The van der Waals surface area contributed by atoms with Gasteiger partial charge in [-0.15, -0.1) is 0 Å². The lowest BCUT2D eigenvalue weighted by atomic mass is 9.90. The highest BCUT2D eigenvalue weighted by Crippen LogP contribution is 2.33. The van der Waals surface area contributed by atoms with E-state index in [9.17, 15) is 22.8 Å². The number of carboxylic acid groups (broad SMARTS) is 1. The topological polar surface area (TPSA) is 143 Å². The first kappa shape index (κ1) is 27.3. The Morgan fingerprint density at radius 2 is 1.82 bits per heavy atom. The molecule has 3 aromatic rings. The minimum Gasteiger partial charge on any atom is -0.465 e. The van der Waals surface area contributed by atoms with Crippen LogP contribution in [0.1, 0.15) is 28.9 Å². The summed E-state index contributed by atoms with van der Waals surface area (Å²) in [5, 5.41) is 14.2. The normalized spacial score (nSPS) is 21.0. The van der Waals surface area contributed by atoms with Crippen molar-refractivity contribution in [1.29, 1.82) is 0 Å². The number of halogens is 3. The largest absolute Gasteiger partial charge is 0.465 e. The van der Waals surface area contributed by atoms with E-state index in [1.807, 2.05) is 11.8 Å². The molecule has 5 rings (SSSR count). The molecule has 3 atom stereocenters. The third kappa shape index (κ3) is 5.42. The Labute approximate surface area is 227 Å². The molecule has 0 spiro atoms. The van der Waals surface area contributed by atoms with Crippen molar-refractivity contribution >= 4 is 23.4 Å². The highest BCUT2D eigenvalue weighted by molar-refractivity contribution is 6.04. The Morgan fingerprint density at radius 1 is 1.10 bits per heavy atom. The van der Waals surface area contributed by atoms with E-state index in [2.05, 4.69) is 20.6 Å². The van der Waals surface area contributed by atoms with Crippen LogP contribution in [0.25, 0.3) is 11.3 Å². The van der Waals surface area contributed by atoms with Gasteiger partial charge in [0.1, 0.15) is 28.8 Å². The van der Waals surface area contributed by atoms with Gasteiger partial charge in [-0.1, -0.05) is 6.92 Å². The van der Waals surface area contributed by atoms with Crippen molar-refractivity contribution in [2.24, 2.45) is 11.7 Å². The SMILES string of the molecule is C[C@H]1CN(c2ccncc2NC(=O)c2ccc(F)c(-c3c(F)cc(C4COC4)cc3F)n2)C[C@@H](N)[C@H]1NC(=O)O. The van der Waals surface area contributed by atoms with Crippen LogP contribution in [0.3, 0.4) is 0 Å². The Morgan fingerprint density at radius 3 is 2.45 bits per heavy atom. The van der Waals surface area contributed by atoms with Crippen LogP contribution in [0.2, 0.25) is 0 Å². The van der Waals surface area contributed by atoms with E-state index in [0.29, 0.717) is 43.2 Å². The summed E-state index contributed by atoms with van der Waals surface area (Å²) in [6.45, 7) is 3.29. The first-order valence-corrected chi connectivity index (χ1v) is 12.6. The maximum Gasteiger partial charge on any atom is 0.404 e. The van der Waals surface area contributed by atoms with E-state index in [4.69, 9.17) is 15.6 Å². The second-order valence-corrected chi connectivity index (χ2v) is 9.99. The minimum atomic E-state index is -1.16. The number of piperidine rings is 1. The zero-order valence-electron chi connectivity index (χ0n) is 21.4. The molecule has 2 saturated heterocycles. The molecule has 2 aromatic heterocycles. The molecule has 0 bridgehead atoms. The number of hydrogen-bond donors (Lipinski definition) is 4. The Bertz CT molecular complexity index is 1420. The molecular weight excluding hydrogens is 529 g/mol. The number of benzene rings is 1. The van der Waals surface area contributed by atoms with E-state index >= 15 is 0 Å². The number of aromatic nitrogens is 2. The molecular formula is C27H27F3N6O4. The fourth-order valence-electron chi connectivity index (χ4n) is 5.09. The van der Waals surface area contributed by atoms with Gasteiger partial charge in [-0.25, -0.2) is 22.9 Å². The number of nitrogens with two attached hydrogens (primary N) is 1. The summed E-state index contributed by atoms with van der Waals surface area (Å²) in [5.41, 5.74) is 5.97. The van der Waals surface area contributed by atoms with Gasteiger partial charge in [0.05, 0.1) is 42.4 Å². The molecule has 0 saturated carbocycles. The summed E-state index contributed by atoms with van der Waals surface area (Å²) in [6, 6.07) is 4.99. The molecule has 2 amide bonds. The van der Waals surface area contributed by atoms with E-state index in [1.54, 1.807) is 6.07 Å². The minimum absolute atomic E-state index is 0.140. The number of hydrogen-bond acceptors (Lipinski definition) is 7. The third-order valence-corrected chi connectivity index (χ3v) is 7.18. The van der Waals surface area contributed by atoms with Crippen molar-refractivity contribution in [3.8, 4) is 11.3 Å². The second kappa shape index (κ2) is 11.1. The maximum absolute atomic E-state index is 14.9. The average Bonchev–Trinajstić information content (AvgIpc) is 2.86. The number of ether oxygens (including phenoxy) is 1. The number of anilines is 2. The summed E-state index contributed by atoms with van der Waals surface area (Å²) in [6.07, 6.45) is 1.78. The van der Waals surface area contributed by atoms with Crippen LogP contribution in [0.15, 0.2) is 42.7 Å². The predicted octanol–water partition coefficient (Wildman–Crippen LogP) is 3.35. The lowest BCUT2D eigenvalue weighted by molar-refractivity contribution is 0.00822. The summed E-state index contributed by atoms with van der Waals surface area (Å²) >= 11 is 0. The van der Waals surface area contributed by atoms with Gasteiger partial charge in [0.2, 0.25) is 0 Å². The highest BCUT2D eigenvalue weighted by atomic mass is 19.1. The standard InChI is InChI=1S/C27H27F3N6O4/c1-13-9-36(10-19(31)24(13)35-27(38)39)22-4-5-32-8-21(22)34-26(37)20-3-2-16(28)25(33-20)23-17(29)6-14(7-18(23)30)15-11-40-12-15/h2-8,13,15,19,24,35H,9-12,31H2,1H3,(H,34,37)(H,38,39)/t13-,19+,24-/m0/s1. The van der Waals surface area contributed by atoms with E-state index in [0.717, 1.165) is 24.3 Å². The van der Waals surface area contributed by atoms with Gasteiger partial charge in [-0.3, -0.25) is 9.78 Å². The molecule has 2 aliphatic heterocycles. The second-order valence-electron chi connectivity index (χ2n) is 9.99. The Hall–Kier alpha value is -4.23. The van der Waals surface area contributed by atoms with Crippen LogP contribution in [-0.2, 0) is 4.74 Å². The molecule has 1 aromatic carbocycles. The third-order valence-electron chi connectivity index (χ3n) is 7.18. The maximum atomic E-state index is 14.9. The lowest BCUT2D eigenvalue weighted by Gasteiger charge is -2.42. The Kier molecular flexibility index (Phi) is 7.59. The smallest absolute Gasteiger partial charge is 0.404 e. The summed E-state index contributed by atoms with van der Waals surface area (Å²) in [7, 11) is 0. The molecule has 2 fully saturated rings. The van der Waals surface area contributed by atoms with E-state index < -0.39 is 52.8 Å². The number of nitrogens with zero attached hydrogens (tertiary/aromatic N) is 3. The summed E-state index contributed by atoms with van der Waals surface area (Å²) in [5.74, 6) is -4.01. The van der Waals surface area contributed by atoms with Crippen LogP contribution >= 0.6 is 0 Å². The van der Waals surface area contributed by atoms with Crippen LogP contribution < -0.4 is 21.3 Å². The van der Waals surface area contributed by atoms with Crippen molar-refractivity contribution in [3.05, 3.63) is 71.4 Å². The Balaban J connectivity index is 1.38. The first-order chi connectivity index (χ1) is 19.1. The molecule has 2 aliphatic rings. The van der Waals surface area contributed by atoms with Crippen LogP contribution in [0, 0.1) is 23.4 Å². The van der Waals surface area contributed by atoms with Gasteiger partial charge in [0, 0.05) is 31.2 Å². The quantitative estimate of drug-likeness (QED) is 0.362. The number of nitrogens with one attached hydrogen (secondary N) is 2. The zero-order chi connectivity index (χ0) is 28.6. The fraction of sp³-hybridized carbons (Fsp3) is 0.333. The number of carbonyl (C=O) groups excluding carboxylic acids is 1. The molecule has 4 heterocycles. The molecule has 10 nitrogen and oxygen atoms in total. The molecule has 5 N–H and O–H groups in total. The molecule has 0 radical (unpaired) electrons. The average molecular weight is 557 g/mol. The van der Waals surface area contributed by atoms with Crippen molar-refractivity contribution in [3.63, 3.8) is 0 Å². The number of pyridine rings is 2. The number of carbonyl (C=O) groups is 2. The van der Waals surface area contributed by atoms with Crippen molar-refractivity contribution in [2.75, 3.05) is 36.5 Å². The van der Waals surface area contributed by atoms with Gasteiger partial charge in [0.15, 0.2) is 0 Å². The predicted molar refractivity (Wildman–Crippen MR) is 140 cm³/mol.